The van der Waals surface area contributed by atoms with Gasteiger partial charge in [0.25, 0.3) is 0 Å². The molecule has 128 valence electrons. The van der Waals surface area contributed by atoms with Crippen LogP contribution in [0, 0.1) is 0 Å². The van der Waals surface area contributed by atoms with Gasteiger partial charge >= 0.3 is 0 Å². The second-order valence-corrected chi connectivity index (χ2v) is 6.63. The summed E-state index contributed by atoms with van der Waals surface area (Å²) < 4.78 is 5.21. The fourth-order valence-electron chi connectivity index (χ4n) is 2.86. The van der Waals surface area contributed by atoms with E-state index in [1.807, 2.05) is 12.1 Å². The summed E-state index contributed by atoms with van der Waals surface area (Å²) in [4.78, 5) is 16.4. The minimum absolute atomic E-state index is 0.0155. The average molecular weight is 349 g/mol. The standard InChI is InChI=1S/C17H21ClN4O2/c18-12-3-1-11(2-4-12)17-21-16(24-22-17)10-9-15(23)20-14-7-5-13(19)6-8-14/h1-4,13-14H,5-10,19H2,(H,20,23). The van der Waals surface area contributed by atoms with Gasteiger partial charge in [-0.3, -0.25) is 4.79 Å². The highest BCUT2D eigenvalue weighted by atomic mass is 35.5. The van der Waals surface area contributed by atoms with Gasteiger partial charge in [0.1, 0.15) is 0 Å². The van der Waals surface area contributed by atoms with Crippen molar-refractivity contribution in [3.63, 3.8) is 0 Å². The van der Waals surface area contributed by atoms with Crippen LogP contribution in [-0.4, -0.2) is 28.1 Å². The van der Waals surface area contributed by atoms with Crippen LogP contribution in [-0.2, 0) is 11.2 Å². The highest BCUT2D eigenvalue weighted by molar-refractivity contribution is 6.30. The molecule has 0 radical (unpaired) electrons. The Hall–Kier alpha value is -1.92. The third-order valence-electron chi connectivity index (χ3n) is 4.27. The normalized spacial score (nSPS) is 20.8. The summed E-state index contributed by atoms with van der Waals surface area (Å²) in [6.45, 7) is 0. The van der Waals surface area contributed by atoms with E-state index in [4.69, 9.17) is 21.9 Å². The third kappa shape index (κ3) is 4.55. The summed E-state index contributed by atoms with van der Waals surface area (Å²) in [7, 11) is 0. The predicted octanol–water partition coefficient (Wildman–Crippen LogP) is 2.71. The molecule has 6 nitrogen and oxygen atoms in total. The first-order valence-electron chi connectivity index (χ1n) is 8.23. The van der Waals surface area contributed by atoms with Crippen molar-refractivity contribution in [1.29, 1.82) is 0 Å². The lowest BCUT2D eigenvalue weighted by atomic mass is 9.92. The summed E-state index contributed by atoms with van der Waals surface area (Å²) in [5.41, 5.74) is 6.70. The van der Waals surface area contributed by atoms with Gasteiger partial charge in [-0.1, -0.05) is 16.8 Å². The smallest absolute Gasteiger partial charge is 0.227 e. The number of benzene rings is 1. The number of hydrogen-bond donors (Lipinski definition) is 2. The number of carbonyl (C=O) groups is 1. The number of nitrogens with two attached hydrogens (primary N) is 1. The first-order chi connectivity index (χ1) is 11.6. The van der Waals surface area contributed by atoms with E-state index in [-0.39, 0.29) is 18.0 Å². The lowest BCUT2D eigenvalue weighted by Crippen LogP contribution is -2.40. The predicted molar refractivity (Wildman–Crippen MR) is 91.4 cm³/mol. The van der Waals surface area contributed by atoms with Crippen molar-refractivity contribution in [2.75, 3.05) is 0 Å². The van der Waals surface area contributed by atoms with Crippen molar-refractivity contribution in [2.24, 2.45) is 5.73 Å². The molecule has 1 aliphatic rings. The van der Waals surface area contributed by atoms with Crippen LogP contribution in [0.2, 0.25) is 5.02 Å². The Morgan fingerprint density at radius 1 is 1.25 bits per heavy atom. The van der Waals surface area contributed by atoms with E-state index in [1.54, 1.807) is 12.1 Å². The Morgan fingerprint density at radius 2 is 1.96 bits per heavy atom. The van der Waals surface area contributed by atoms with Crippen LogP contribution in [0.25, 0.3) is 11.4 Å². The summed E-state index contributed by atoms with van der Waals surface area (Å²) >= 11 is 5.86. The van der Waals surface area contributed by atoms with Crippen molar-refractivity contribution >= 4 is 17.5 Å². The van der Waals surface area contributed by atoms with Gasteiger partial charge in [0, 0.05) is 35.5 Å². The van der Waals surface area contributed by atoms with Gasteiger partial charge in [0.2, 0.25) is 17.6 Å². The van der Waals surface area contributed by atoms with E-state index in [9.17, 15) is 4.79 Å². The monoisotopic (exact) mass is 348 g/mol. The number of aromatic nitrogens is 2. The van der Waals surface area contributed by atoms with E-state index >= 15 is 0 Å². The second-order valence-electron chi connectivity index (χ2n) is 6.20. The van der Waals surface area contributed by atoms with Crippen LogP contribution in [0.5, 0.6) is 0 Å². The molecule has 0 aliphatic heterocycles. The first kappa shape index (κ1) is 16.9. The number of carbonyl (C=O) groups excluding carboxylic acids is 1. The first-order valence-corrected chi connectivity index (χ1v) is 8.61. The zero-order valence-corrected chi connectivity index (χ0v) is 14.1. The quantitative estimate of drug-likeness (QED) is 0.866. The molecule has 0 bridgehead atoms. The Kier molecular flexibility index (Phi) is 5.48. The number of aryl methyl sites for hydroxylation is 1. The molecule has 3 rings (SSSR count). The summed E-state index contributed by atoms with van der Waals surface area (Å²) in [6.07, 6.45) is 4.62. The molecular weight excluding hydrogens is 328 g/mol. The van der Waals surface area contributed by atoms with Gasteiger partial charge in [-0.25, -0.2) is 0 Å². The van der Waals surface area contributed by atoms with Crippen LogP contribution in [0.3, 0.4) is 0 Å². The molecule has 3 N–H and O–H groups in total. The SMILES string of the molecule is NC1CCC(NC(=O)CCc2nc(-c3ccc(Cl)cc3)no2)CC1. The average Bonchev–Trinajstić information content (AvgIpc) is 3.05. The zero-order chi connectivity index (χ0) is 16.9. The Balaban J connectivity index is 1.48. The molecule has 1 aliphatic carbocycles. The maximum Gasteiger partial charge on any atom is 0.227 e. The van der Waals surface area contributed by atoms with Crippen LogP contribution >= 0.6 is 11.6 Å². The molecule has 24 heavy (non-hydrogen) atoms. The van der Waals surface area contributed by atoms with Gasteiger partial charge < -0.3 is 15.6 Å². The Bertz CT molecular complexity index is 678. The largest absolute Gasteiger partial charge is 0.353 e. The van der Waals surface area contributed by atoms with Gasteiger partial charge in [0.05, 0.1) is 0 Å². The summed E-state index contributed by atoms with van der Waals surface area (Å²) in [6, 6.07) is 7.73. The topological polar surface area (TPSA) is 94.0 Å². The van der Waals surface area contributed by atoms with Crippen LogP contribution < -0.4 is 11.1 Å². The van der Waals surface area contributed by atoms with Gasteiger partial charge in [-0.2, -0.15) is 4.98 Å². The molecule has 1 amide bonds. The fourth-order valence-corrected chi connectivity index (χ4v) is 2.98. The Morgan fingerprint density at radius 3 is 2.67 bits per heavy atom. The molecule has 0 saturated heterocycles. The minimum Gasteiger partial charge on any atom is -0.353 e. The molecule has 7 heteroatoms. The van der Waals surface area contributed by atoms with E-state index in [0.717, 1.165) is 31.2 Å². The maximum atomic E-state index is 12.0. The molecule has 1 fully saturated rings. The highest BCUT2D eigenvalue weighted by Crippen LogP contribution is 2.19. The van der Waals surface area contributed by atoms with Crippen molar-refractivity contribution in [3.8, 4) is 11.4 Å². The number of amides is 1. The number of halogens is 1. The zero-order valence-electron chi connectivity index (χ0n) is 13.4. The van der Waals surface area contributed by atoms with Gasteiger partial charge in [-0.15, -0.1) is 0 Å². The fraction of sp³-hybridized carbons (Fsp3) is 0.471. The summed E-state index contributed by atoms with van der Waals surface area (Å²) in [5, 5.41) is 7.65. The molecule has 1 aromatic carbocycles. The van der Waals surface area contributed by atoms with Crippen molar-refractivity contribution in [2.45, 2.75) is 50.6 Å². The lowest BCUT2D eigenvalue weighted by molar-refractivity contribution is -0.122. The van der Waals surface area contributed by atoms with Crippen LogP contribution in [0.1, 0.15) is 38.0 Å². The molecule has 2 aromatic rings. The molecule has 1 aromatic heterocycles. The summed E-state index contributed by atoms with van der Waals surface area (Å²) in [5.74, 6) is 0.978. The lowest BCUT2D eigenvalue weighted by Gasteiger charge is -2.26. The molecule has 0 spiro atoms. The Labute approximate surface area is 145 Å². The van der Waals surface area contributed by atoms with Crippen molar-refractivity contribution < 1.29 is 9.32 Å². The number of hydrogen-bond acceptors (Lipinski definition) is 5. The third-order valence-corrected chi connectivity index (χ3v) is 4.53. The highest BCUT2D eigenvalue weighted by Gasteiger charge is 2.20. The van der Waals surface area contributed by atoms with Gasteiger partial charge in [0.15, 0.2) is 0 Å². The molecule has 0 unspecified atom stereocenters. The number of rotatable bonds is 5. The number of nitrogens with one attached hydrogen (secondary N) is 1. The molecule has 1 saturated carbocycles. The van der Waals surface area contributed by atoms with Crippen LogP contribution in [0.15, 0.2) is 28.8 Å². The van der Waals surface area contributed by atoms with E-state index in [0.29, 0.717) is 29.6 Å². The molecule has 1 heterocycles. The minimum atomic E-state index is 0.0155. The maximum absolute atomic E-state index is 12.0. The van der Waals surface area contributed by atoms with E-state index in [1.165, 1.54) is 0 Å². The van der Waals surface area contributed by atoms with E-state index in [2.05, 4.69) is 15.5 Å². The van der Waals surface area contributed by atoms with Gasteiger partial charge in [-0.05, 0) is 49.9 Å². The van der Waals surface area contributed by atoms with E-state index < -0.39 is 0 Å². The van der Waals surface area contributed by atoms with Crippen molar-refractivity contribution in [3.05, 3.63) is 35.2 Å². The molecular formula is C17H21ClN4O2. The van der Waals surface area contributed by atoms with Crippen LogP contribution in [0.4, 0.5) is 0 Å². The molecule has 0 atom stereocenters. The number of nitrogens with zero attached hydrogens (tertiary/aromatic N) is 2. The van der Waals surface area contributed by atoms with Crippen molar-refractivity contribution in [1.82, 2.24) is 15.5 Å². The second kappa shape index (κ2) is 7.77.